The quantitative estimate of drug-likeness (QED) is 0.668. The second kappa shape index (κ2) is 7.46. The second-order valence-corrected chi connectivity index (χ2v) is 6.58. The molecular weight excluding hydrogens is 349 g/mol. The average Bonchev–Trinajstić information content (AvgIpc) is 3.33. The standard InChI is InChI=1S/C20H20FN3O3/c1-15-2-8-18(9-3-15)25-10-19-26-12-20(27-19,11-24-14-22-13-23-24)16-4-6-17(21)7-5-16/h2-9,13-14,19H,10-12H2,1H3. The number of aromatic nitrogens is 3. The van der Waals surface area contributed by atoms with Gasteiger partial charge in [-0.2, -0.15) is 5.10 Å². The minimum Gasteiger partial charge on any atom is -0.488 e. The van der Waals surface area contributed by atoms with Gasteiger partial charge in [0, 0.05) is 0 Å². The fraction of sp³-hybridized carbons (Fsp3) is 0.300. The Hall–Kier alpha value is -2.77. The van der Waals surface area contributed by atoms with Gasteiger partial charge in [0.1, 0.15) is 36.4 Å². The van der Waals surface area contributed by atoms with Crippen molar-refractivity contribution < 1.29 is 18.6 Å². The highest BCUT2D eigenvalue weighted by atomic mass is 19.1. The number of halogens is 1. The lowest BCUT2D eigenvalue weighted by atomic mass is 9.94. The molecule has 2 heterocycles. The van der Waals surface area contributed by atoms with E-state index in [4.69, 9.17) is 14.2 Å². The summed E-state index contributed by atoms with van der Waals surface area (Å²) in [5.74, 6) is 0.455. The van der Waals surface area contributed by atoms with Crippen LogP contribution in [0.2, 0.25) is 0 Å². The predicted molar refractivity (Wildman–Crippen MR) is 95.6 cm³/mol. The van der Waals surface area contributed by atoms with Crippen LogP contribution >= 0.6 is 0 Å². The molecular formula is C20H20FN3O3. The number of ether oxygens (including phenoxy) is 3. The van der Waals surface area contributed by atoms with Crippen LogP contribution in [-0.2, 0) is 21.6 Å². The summed E-state index contributed by atoms with van der Waals surface area (Å²) in [6.07, 6.45) is 2.54. The molecule has 0 saturated carbocycles. The molecule has 7 heteroatoms. The summed E-state index contributed by atoms with van der Waals surface area (Å²) < 4.78 is 32.9. The number of nitrogens with zero attached hydrogens (tertiary/aromatic N) is 3. The highest BCUT2D eigenvalue weighted by molar-refractivity contribution is 5.26. The van der Waals surface area contributed by atoms with Gasteiger partial charge in [0.25, 0.3) is 0 Å². The van der Waals surface area contributed by atoms with Gasteiger partial charge >= 0.3 is 0 Å². The fourth-order valence-corrected chi connectivity index (χ4v) is 3.08. The van der Waals surface area contributed by atoms with Gasteiger partial charge in [0.2, 0.25) is 0 Å². The van der Waals surface area contributed by atoms with Crippen LogP contribution in [-0.4, -0.2) is 34.3 Å². The van der Waals surface area contributed by atoms with E-state index in [0.717, 1.165) is 11.3 Å². The second-order valence-electron chi connectivity index (χ2n) is 6.58. The summed E-state index contributed by atoms with van der Waals surface area (Å²) in [5, 5.41) is 4.16. The van der Waals surface area contributed by atoms with E-state index in [1.165, 1.54) is 24.0 Å². The molecule has 0 amide bonds. The first-order valence-corrected chi connectivity index (χ1v) is 8.70. The molecule has 0 aliphatic carbocycles. The zero-order chi connectivity index (χ0) is 18.7. The third kappa shape index (κ3) is 3.99. The van der Waals surface area contributed by atoms with Gasteiger partial charge in [-0.15, -0.1) is 0 Å². The van der Waals surface area contributed by atoms with E-state index in [9.17, 15) is 4.39 Å². The Balaban J connectivity index is 1.50. The molecule has 6 nitrogen and oxygen atoms in total. The van der Waals surface area contributed by atoms with Crippen molar-refractivity contribution in [3.8, 4) is 5.75 Å². The van der Waals surface area contributed by atoms with Crippen molar-refractivity contribution in [2.24, 2.45) is 0 Å². The molecule has 4 rings (SSSR count). The number of benzene rings is 2. The van der Waals surface area contributed by atoms with E-state index in [-0.39, 0.29) is 12.4 Å². The third-order valence-corrected chi connectivity index (χ3v) is 4.52. The fourth-order valence-electron chi connectivity index (χ4n) is 3.08. The Morgan fingerprint density at radius 2 is 1.96 bits per heavy atom. The van der Waals surface area contributed by atoms with E-state index in [1.54, 1.807) is 23.1 Å². The molecule has 1 fully saturated rings. The van der Waals surface area contributed by atoms with E-state index in [2.05, 4.69) is 10.1 Å². The lowest BCUT2D eigenvalue weighted by molar-refractivity contribution is -0.116. The highest BCUT2D eigenvalue weighted by Gasteiger charge is 2.44. The lowest BCUT2D eigenvalue weighted by Crippen LogP contribution is -2.35. The van der Waals surface area contributed by atoms with Gasteiger partial charge in [0.15, 0.2) is 6.29 Å². The largest absolute Gasteiger partial charge is 0.488 e. The summed E-state index contributed by atoms with van der Waals surface area (Å²) >= 11 is 0. The van der Waals surface area contributed by atoms with Crippen LogP contribution in [0.25, 0.3) is 0 Å². The average molecular weight is 369 g/mol. The smallest absolute Gasteiger partial charge is 0.193 e. The van der Waals surface area contributed by atoms with E-state index in [1.807, 2.05) is 31.2 Å². The third-order valence-electron chi connectivity index (χ3n) is 4.52. The van der Waals surface area contributed by atoms with Crippen molar-refractivity contribution in [3.63, 3.8) is 0 Å². The first kappa shape index (κ1) is 17.6. The van der Waals surface area contributed by atoms with Crippen molar-refractivity contribution in [1.82, 2.24) is 14.8 Å². The molecule has 0 spiro atoms. The molecule has 1 aliphatic heterocycles. The van der Waals surface area contributed by atoms with Crippen LogP contribution in [0.3, 0.4) is 0 Å². The molecule has 2 aromatic carbocycles. The Bertz CT molecular complexity index is 869. The van der Waals surface area contributed by atoms with E-state index in [0.29, 0.717) is 13.2 Å². The van der Waals surface area contributed by atoms with Gasteiger partial charge < -0.3 is 14.2 Å². The summed E-state index contributed by atoms with van der Waals surface area (Å²) in [7, 11) is 0. The molecule has 1 saturated heterocycles. The number of rotatable bonds is 6. The molecule has 0 N–H and O–H groups in total. The zero-order valence-electron chi connectivity index (χ0n) is 14.9. The van der Waals surface area contributed by atoms with Crippen molar-refractivity contribution in [2.75, 3.05) is 13.2 Å². The lowest BCUT2D eigenvalue weighted by Gasteiger charge is -2.27. The van der Waals surface area contributed by atoms with Gasteiger partial charge in [-0.05, 0) is 36.8 Å². The molecule has 27 heavy (non-hydrogen) atoms. The number of hydrogen-bond acceptors (Lipinski definition) is 5. The Morgan fingerprint density at radius 3 is 2.67 bits per heavy atom. The molecule has 140 valence electrons. The van der Waals surface area contributed by atoms with Gasteiger partial charge in [-0.3, -0.25) is 0 Å². The Kier molecular flexibility index (Phi) is 4.87. The maximum absolute atomic E-state index is 13.4. The topological polar surface area (TPSA) is 58.4 Å². The maximum atomic E-state index is 13.4. The summed E-state index contributed by atoms with van der Waals surface area (Å²) in [6, 6.07) is 14.0. The molecule has 2 unspecified atom stereocenters. The molecule has 3 aromatic rings. The van der Waals surface area contributed by atoms with Crippen LogP contribution < -0.4 is 4.74 Å². The van der Waals surface area contributed by atoms with Crippen LogP contribution in [0, 0.1) is 12.7 Å². The van der Waals surface area contributed by atoms with Crippen LogP contribution in [0.4, 0.5) is 4.39 Å². The number of aryl methyl sites for hydroxylation is 1. The minimum absolute atomic E-state index is 0.253. The normalized spacial score (nSPS) is 22.1. The molecule has 1 aliphatic rings. The Morgan fingerprint density at radius 1 is 1.19 bits per heavy atom. The van der Waals surface area contributed by atoms with E-state index >= 15 is 0 Å². The monoisotopic (exact) mass is 369 g/mol. The van der Waals surface area contributed by atoms with Gasteiger partial charge in [-0.1, -0.05) is 29.8 Å². The molecule has 2 atom stereocenters. The summed E-state index contributed by atoms with van der Waals surface area (Å²) in [6.45, 7) is 2.98. The van der Waals surface area contributed by atoms with Gasteiger partial charge in [0.05, 0.1) is 13.2 Å². The Labute approximate surface area is 156 Å². The summed E-state index contributed by atoms with van der Waals surface area (Å²) in [5.41, 5.74) is 1.19. The number of hydrogen-bond donors (Lipinski definition) is 0. The van der Waals surface area contributed by atoms with Crippen LogP contribution in [0.15, 0.2) is 61.2 Å². The first-order valence-electron chi connectivity index (χ1n) is 8.70. The highest BCUT2D eigenvalue weighted by Crippen LogP contribution is 2.35. The maximum Gasteiger partial charge on any atom is 0.193 e. The van der Waals surface area contributed by atoms with Crippen LogP contribution in [0.1, 0.15) is 11.1 Å². The van der Waals surface area contributed by atoms with Crippen molar-refractivity contribution in [1.29, 1.82) is 0 Å². The van der Waals surface area contributed by atoms with Gasteiger partial charge in [-0.25, -0.2) is 14.1 Å². The van der Waals surface area contributed by atoms with Crippen molar-refractivity contribution >= 4 is 0 Å². The molecule has 1 aromatic heterocycles. The summed E-state index contributed by atoms with van der Waals surface area (Å²) in [4.78, 5) is 3.98. The predicted octanol–water partition coefficient (Wildman–Crippen LogP) is 3.07. The SMILES string of the molecule is Cc1ccc(OCC2OCC(Cn3cncn3)(c3ccc(F)cc3)O2)cc1. The van der Waals surface area contributed by atoms with Crippen LogP contribution in [0.5, 0.6) is 5.75 Å². The first-order chi connectivity index (χ1) is 13.1. The minimum atomic E-state index is -0.789. The van der Waals surface area contributed by atoms with Crippen molar-refractivity contribution in [3.05, 3.63) is 78.1 Å². The molecule has 0 bridgehead atoms. The zero-order valence-corrected chi connectivity index (χ0v) is 14.9. The van der Waals surface area contributed by atoms with Crippen molar-refractivity contribution in [2.45, 2.75) is 25.4 Å². The molecule has 0 radical (unpaired) electrons. The van der Waals surface area contributed by atoms with E-state index < -0.39 is 11.9 Å².